The summed E-state index contributed by atoms with van der Waals surface area (Å²) in [7, 11) is 1.62. The molecule has 7 heteroatoms. The van der Waals surface area contributed by atoms with Gasteiger partial charge in [-0.05, 0) is 24.6 Å². The molecule has 1 saturated heterocycles. The molecule has 3 rings (SSSR count). The van der Waals surface area contributed by atoms with E-state index in [1.807, 2.05) is 36.6 Å². The van der Waals surface area contributed by atoms with Crippen LogP contribution in [0.3, 0.4) is 0 Å². The molecule has 1 aliphatic rings. The predicted octanol–water partition coefficient (Wildman–Crippen LogP) is 0.965. The highest BCUT2D eigenvalue weighted by atomic mass is 32.1. The second-order valence-corrected chi connectivity index (χ2v) is 7.39. The SMILES string of the molecule is COc1cccc(C2(O)CC[NH+](CC(=O)Nc3nc(C)cs3)CC2)c1. The molecule has 1 aromatic carbocycles. The van der Waals surface area contributed by atoms with Crippen LogP contribution in [0.15, 0.2) is 29.6 Å². The number of aryl methyl sites for hydroxylation is 1. The Bertz CT molecular complexity index is 739. The third-order valence-corrected chi connectivity index (χ3v) is 5.54. The molecule has 2 heterocycles. The third-order valence-electron chi connectivity index (χ3n) is 4.67. The van der Waals surface area contributed by atoms with Gasteiger partial charge in [-0.1, -0.05) is 12.1 Å². The number of aliphatic hydroxyl groups is 1. The Hall–Kier alpha value is -1.96. The van der Waals surface area contributed by atoms with Crippen LogP contribution < -0.4 is 15.0 Å². The highest BCUT2D eigenvalue weighted by Gasteiger charge is 2.37. The fourth-order valence-corrected chi connectivity index (χ4v) is 3.90. The lowest BCUT2D eigenvalue weighted by atomic mass is 9.84. The summed E-state index contributed by atoms with van der Waals surface area (Å²) in [6, 6.07) is 7.60. The normalized spacial score (nSPS) is 23.2. The van der Waals surface area contributed by atoms with Crippen LogP contribution in [0.5, 0.6) is 5.75 Å². The van der Waals surface area contributed by atoms with Crippen LogP contribution in [-0.4, -0.2) is 42.7 Å². The Balaban J connectivity index is 1.54. The number of ether oxygens (including phenoxy) is 1. The van der Waals surface area contributed by atoms with Crippen LogP contribution in [0.1, 0.15) is 24.1 Å². The summed E-state index contributed by atoms with van der Waals surface area (Å²) >= 11 is 1.44. The largest absolute Gasteiger partial charge is 0.497 e. The minimum Gasteiger partial charge on any atom is -0.497 e. The number of nitrogens with one attached hydrogen (secondary N) is 2. The molecule has 0 bridgehead atoms. The number of thiazole rings is 1. The third kappa shape index (κ3) is 4.36. The molecule has 6 nitrogen and oxygen atoms in total. The zero-order valence-corrected chi connectivity index (χ0v) is 15.4. The van der Waals surface area contributed by atoms with Gasteiger partial charge in [-0.15, -0.1) is 11.3 Å². The second kappa shape index (κ2) is 7.51. The maximum Gasteiger partial charge on any atom is 0.281 e. The zero-order valence-electron chi connectivity index (χ0n) is 14.5. The number of rotatable bonds is 5. The summed E-state index contributed by atoms with van der Waals surface area (Å²) in [5.74, 6) is 0.718. The van der Waals surface area contributed by atoms with E-state index in [0.29, 0.717) is 24.5 Å². The van der Waals surface area contributed by atoms with Gasteiger partial charge in [0, 0.05) is 18.2 Å². The molecule has 1 aliphatic heterocycles. The molecule has 25 heavy (non-hydrogen) atoms. The smallest absolute Gasteiger partial charge is 0.281 e. The number of carbonyl (C=O) groups excluding carboxylic acids is 1. The van der Waals surface area contributed by atoms with Crippen LogP contribution in [0, 0.1) is 6.92 Å². The Kier molecular flexibility index (Phi) is 5.36. The maximum atomic E-state index is 12.2. The molecule has 1 fully saturated rings. The molecular weight excluding hydrogens is 338 g/mol. The number of amides is 1. The van der Waals surface area contributed by atoms with Gasteiger partial charge in [0.25, 0.3) is 5.91 Å². The van der Waals surface area contributed by atoms with Gasteiger partial charge in [-0.3, -0.25) is 10.1 Å². The molecule has 0 aliphatic carbocycles. The van der Waals surface area contributed by atoms with Crippen LogP contribution in [-0.2, 0) is 10.4 Å². The van der Waals surface area contributed by atoms with Crippen LogP contribution in [0.25, 0.3) is 0 Å². The molecule has 0 radical (unpaired) electrons. The molecule has 0 spiro atoms. The molecule has 0 atom stereocenters. The fourth-order valence-electron chi connectivity index (χ4n) is 3.20. The molecule has 2 aromatic rings. The lowest BCUT2D eigenvalue weighted by molar-refractivity contribution is -0.899. The number of hydrogen-bond acceptors (Lipinski definition) is 5. The van der Waals surface area contributed by atoms with E-state index in [9.17, 15) is 9.90 Å². The predicted molar refractivity (Wildman–Crippen MR) is 97.2 cm³/mol. The van der Waals surface area contributed by atoms with E-state index in [1.165, 1.54) is 16.2 Å². The monoisotopic (exact) mass is 362 g/mol. The Morgan fingerprint density at radius 3 is 2.84 bits per heavy atom. The zero-order chi connectivity index (χ0) is 17.9. The Morgan fingerprint density at radius 1 is 1.44 bits per heavy atom. The number of aromatic nitrogens is 1. The van der Waals surface area contributed by atoms with E-state index in [1.54, 1.807) is 7.11 Å². The van der Waals surface area contributed by atoms with E-state index >= 15 is 0 Å². The average molecular weight is 362 g/mol. The van der Waals surface area contributed by atoms with Crippen molar-refractivity contribution in [2.45, 2.75) is 25.4 Å². The first-order valence-corrected chi connectivity index (χ1v) is 9.29. The van der Waals surface area contributed by atoms with Gasteiger partial charge in [0.05, 0.1) is 25.9 Å². The molecule has 134 valence electrons. The van der Waals surface area contributed by atoms with Crippen molar-refractivity contribution in [3.05, 3.63) is 40.9 Å². The van der Waals surface area contributed by atoms with E-state index in [4.69, 9.17) is 4.74 Å². The van der Waals surface area contributed by atoms with Gasteiger partial charge in [0.1, 0.15) is 11.4 Å². The first-order chi connectivity index (χ1) is 12.0. The number of quaternary nitrogens is 1. The number of nitrogens with zero attached hydrogens (tertiary/aromatic N) is 1. The lowest BCUT2D eigenvalue weighted by Gasteiger charge is -2.36. The number of anilines is 1. The van der Waals surface area contributed by atoms with Crippen LogP contribution in [0.2, 0.25) is 0 Å². The fraction of sp³-hybridized carbons (Fsp3) is 0.444. The van der Waals surface area contributed by atoms with Crippen molar-refractivity contribution >= 4 is 22.4 Å². The Morgan fingerprint density at radius 2 is 2.20 bits per heavy atom. The van der Waals surface area contributed by atoms with Crippen LogP contribution in [0.4, 0.5) is 5.13 Å². The summed E-state index contributed by atoms with van der Waals surface area (Å²) < 4.78 is 5.25. The topological polar surface area (TPSA) is 75.9 Å². The molecule has 1 amide bonds. The van der Waals surface area contributed by atoms with E-state index < -0.39 is 5.60 Å². The quantitative estimate of drug-likeness (QED) is 0.741. The summed E-state index contributed by atoms with van der Waals surface area (Å²) in [6.45, 7) is 3.80. The van der Waals surface area contributed by atoms with Gasteiger partial charge < -0.3 is 14.7 Å². The van der Waals surface area contributed by atoms with E-state index in [-0.39, 0.29) is 5.91 Å². The second-order valence-electron chi connectivity index (χ2n) is 6.53. The number of piperidine rings is 1. The highest BCUT2D eigenvalue weighted by molar-refractivity contribution is 7.13. The lowest BCUT2D eigenvalue weighted by Crippen LogP contribution is -3.14. The summed E-state index contributed by atoms with van der Waals surface area (Å²) in [5.41, 5.74) is 0.948. The Labute approximate surface area is 151 Å². The van der Waals surface area contributed by atoms with Crippen molar-refractivity contribution in [1.82, 2.24) is 4.98 Å². The molecular formula is C18H24N3O3S+. The van der Waals surface area contributed by atoms with Gasteiger partial charge >= 0.3 is 0 Å². The number of hydrogen-bond donors (Lipinski definition) is 3. The van der Waals surface area contributed by atoms with Crippen molar-refractivity contribution in [3.63, 3.8) is 0 Å². The van der Waals surface area contributed by atoms with Gasteiger partial charge in [-0.2, -0.15) is 0 Å². The van der Waals surface area contributed by atoms with Crippen molar-refractivity contribution in [2.75, 3.05) is 32.1 Å². The van der Waals surface area contributed by atoms with Gasteiger partial charge in [0.2, 0.25) is 0 Å². The molecule has 0 unspecified atom stereocenters. The van der Waals surface area contributed by atoms with Crippen LogP contribution >= 0.6 is 11.3 Å². The standard InChI is InChI=1S/C18H23N3O3S/c1-13-12-25-17(19-13)20-16(22)11-21-8-6-18(23,7-9-21)14-4-3-5-15(10-14)24-2/h3-5,10,12,23H,6-9,11H2,1-2H3,(H,19,20,22)/p+1. The van der Waals surface area contributed by atoms with Gasteiger partial charge in [0.15, 0.2) is 11.7 Å². The van der Waals surface area contributed by atoms with Crippen molar-refractivity contribution in [1.29, 1.82) is 0 Å². The highest BCUT2D eigenvalue weighted by Crippen LogP contribution is 2.31. The van der Waals surface area contributed by atoms with E-state index in [2.05, 4.69) is 10.3 Å². The van der Waals surface area contributed by atoms with Crippen molar-refractivity contribution in [2.24, 2.45) is 0 Å². The molecule has 0 saturated carbocycles. The minimum atomic E-state index is -0.846. The summed E-state index contributed by atoms with van der Waals surface area (Å²) in [6.07, 6.45) is 1.25. The average Bonchev–Trinajstić information content (AvgIpc) is 3.02. The van der Waals surface area contributed by atoms with Crippen molar-refractivity contribution in [3.8, 4) is 5.75 Å². The van der Waals surface area contributed by atoms with Gasteiger partial charge in [-0.25, -0.2) is 4.98 Å². The van der Waals surface area contributed by atoms with E-state index in [0.717, 1.165) is 30.1 Å². The first-order valence-electron chi connectivity index (χ1n) is 8.41. The number of benzene rings is 1. The number of methoxy groups -OCH3 is 1. The number of carbonyl (C=O) groups is 1. The summed E-state index contributed by atoms with van der Waals surface area (Å²) in [5, 5.41) is 16.4. The van der Waals surface area contributed by atoms with Crippen molar-refractivity contribution < 1.29 is 19.5 Å². The maximum absolute atomic E-state index is 12.2. The molecule has 1 aromatic heterocycles. The minimum absolute atomic E-state index is 0.0313. The first kappa shape index (κ1) is 17.8. The summed E-state index contributed by atoms with van der Waals surface area (Å²) in [4.78, 5) is 17.6. The number of likely N-dealkylation sites (tertiary alicyclic amines) is 1. The molecule has 3 N–H and O–H groups in total.